The van der Waals surface area contributed by atoms with Crippen LogP contribution in [0.1, 0.15) is 10.4 Å². The summed E-state index contributed by atoms with van der Waals surface area (Å²) in [6.45, 7) is 0. The zero-order valence-corrected chi connectivity index (χ0v) is 6.91. The smallest absolute Gasteiger partial charge is 0.341 e. The Morgan fingerprint density at radius 3 is 2.23 bits per heavy atom. The van der Waals surface area contributed by atoms with Gasteiger partial charge in [0.1, 0.15) is 16.3 Å². The zero-order valence-electron chi connectivity index (χ0n) is 6.15. The average molecular weight is 205 g/mol. The van der Waals surface area contributed by atoms with E-state index in [0.717, 1.165) is 6.07 Å². The van der Waals surface area contributed by atoms with Crippen LogP contribution >= 0.6 is 11.6 Å². The molecule has 0 saturated carbocycles. The van der Waals surface area contributed by atoms with Gasteiger partial charge in [0.25, 0.3) is 0 Å². The highest BCUT2D eigenvalue weighted by molar-refractivity contribution is 6.35. The fourth-order valence-electron chi connectivity index (χ4n) is 0.816. The molecular weight excluding hydrogens is 200 g/mol. The minimum Gasteiger partial charge on any atom is -0.506 e. The van der Waals surface area contributed by atoms with E-state index in [-0.39, 0.29) is 0 Å². The number of rotatable bonds is 1. The molecule has 0 bridgehead atoms. The Labute approximate surface area is 77.4 Å². The lowest BCUT2D eigenvalue weighted by molar-refractivity contribution is 0.0692. The molecule has 0 amide bonds. The second-order valence-electron chi connectivity index (χ2n) is 2.26. The third kappa shape index (κ3) is 1.46. The second kappa shape index (κ2) is 3.02. The molecule has 0 fully saturated rings. The minimum atomic E-state index is -1.53. The lowest BCUT2D eigenvalue weighted by Crippen LogP contribution is -1.98. The molecule has 0 aliphatic rings. The molecule has 0 aliphatic carbocycles. The van der Waals surface area contributed by atoms with Gasteiger partial charge < -0.3 is 20.4 Å². The Morgan fingerprint density at radius 2 is 1.77 bits per heavy atom. The van der Waals surface area contributed by atoms with E-state index < -0.39 is 33.8 Å². The van der Waals surface area contributed by atoms with E-state index in [4.69, 9.17) is 32.0 Å². The lowest BCUT2D eigenvalue weighted by Gasteiger charge is -2.05. The largest absolute Gasteiger partial charge is 0.506 e. The van der Waals surface area contributed by atoms with Crippen molar-refractivity contribution in [3.05, 3.63) is 16.7 Å². The van der Waals surface area contributed by atoms with Crippen LogP contribution in [0.2, 0.25) is 5.02 Å². The van der Waals surface area contributed by atoms with Crippen LogP contribution in [-0.4, -0.2) is 26.4 Å². The number of carboxylic acids is 1. The summed E-state index contributed by atoms with van der Waals surface area (Å²) >= 11 is 5.36. The highest BCUT2D eigenvalue weighted by atomic mass is 35.5. The van der Waals surface area contributed by atoms with Gasteiger partial charge in [0.2, 0.25) is 0 Å². The van der Waals surface area contributed by atoms with E-state index in [9.17, 15) is 4.79 Å². The number of benzene rings is 1. The van der Waals surface area contributed by atoms with Gasteiger partial charge in [0.15, 0.2) is 11.5 Å². The molecule has 0 radical (unpaired) electrons. The predicted molar refractivity (Wildman–Crippen MR) is 43.4 cm³/mol. The summed E-state index contributed by atoms with van der Waals surface area (Å²) in [4.78, 5) is 10.5. The van der Waals surface area contributed by atoms with Gasteiger partial charge in [-0.05, 0) is 0 Å². The maximum absolute atomic E-state index is 10.5. The first kappa shape index (κ1) is 9.47. The fraction of sp³-hybridized carbons (Fsp3) is 0. The molecule has 70 valence electrons. The van der Waals surface area contributed by atoms with Gasteiger partial charge in [0.05, 0.1) is 0 Å². The number of hydrogen-bond acceptors (Lipinski definition) is 4. The van der Waals surface area contributed by atoms with Gasteiger partial charge in [-0.15, -0.1) is 0 Å². The number of aromatic hydroxyl groups is 3. The molecule has 5 nitrogen and oxygen atoms in total. The molecule has 13 heavy (non-hydrogen) atoms. The Bertz CT molecular complexity index is 347. The van der Waals surface area contributed by atoms with Gasteiger partial charge in [-0.25, -0.2) is 4.79 Å². The van der Waals surface area contributed by atoms with Crippen LogP contribution < -0.4 is 0 Å². The third-order valence-corrected chi connectivity index (χ3v) is 1.79. The molecule has 0 saturated heterocycles. The van der Waals surface area contributed by atoms with Crippen LogP contribution in [0.15, 0.2) is 6.07 Å². The van der Waals surface area contributed by atoms with E-state index in [1.165, 1.54) is 0 Å². The molecular formula is C7H5ClO5. The van der Waals surface area contributed by atoms with E-state index in [0.29, 0.717) is 0 Å². The Balaban J connectivity index is 3.56. The van der Waals surface area contributed by atoms with Crippen LogP contribution in [0.25, 0.3) is 0 Å². The average Bonchev–Trinajstić information content (AvgIpc) is 2.01. The molecule has 4 N–H and O–H groups in total. The number of aromatic carboxylic acids is 1. The number of phenolic OH excluding ortho intramolecular Hbond substituents is 2. The Kier molecular flexibility index (Phi) is 2.20. The first-order chi connectivity index (χ1) is 5.95. The lowest BCUT2D eigenvalue weighted by atomic mass is 10.1. The van der Waals surface area contributed by atoms with Crippen molar-refractivity contribution in [1.82, 2.24) is 0 Å². The van der Waals surface area contributed by atoms with Gasteiger partial charge in [-0.1, -0.05) is 11.6 Å². The summed E-state index contributed by atoms with van der Waals surface area (Å²) in [7, 11) is 0. The SMILES string of the molecule is O=C(O)c1c(O)c(O)cc(O)c1Cl. The van der Waals surface area contributed by atoms with Gasteiger partial charge >= 0.3 is 5.97 Å². The van der Waals surface area contributed by atoms with Crippen LogP contribution in [0.4, 0.5) is 0 Å². The Morgan fingerprint density at radius 1 is 1.23 bits per heavy atom. The molecule has 1 rings (SSSR count). The molecule has 0 aromatic heterocycles. The predicted octanol–water partition coefficient (Wildman–Crippen LogP) is 1.15. The quantitative estimate of drug-likeness (QED) is 0.406. The maximum Gasteiger partial charge on any atom is 0.341 e. The van der Waals surface area contributed by atoms with Crippen LogP contribution in [0.5, 0.6) is 17.2 Å². The van der Waals surface area contributed by atoms with Gasteiger partial charge in [0, 0.05) is 6.07 Å². The highest BCUT2D eigenvalue weighted by Gasteiger charge is 2.21. The summed E-state index contributed by atoms with van der Waals surface area (Å²) in [6, 6.07) is 0.754. The first-order valence-electron chi connectivity index (χ1n) is 3.11. The maximum atomic E-state index is 10.5. The molecule has 0 spiro atoms. The number of hydrogen-bond donors (Lipinski definition) is 4. The third-order valence-electron chi connectivity index (χ3n) is 1.41. The molecule has 0 aliphatic heterocycles. The van der Waals surface area contributed by atoms with Crippen LogP contribution in [0.3, 0.4) is 0 Å². The number of halogens is 1. The van der Waals surface area contributed by atoms with Crippen molar-refractivity contribution in [3.63, 3.8) is 0 Å². The zero-order chi connectivity index (χ0) is 10.2. The van der Waals surface area contributed by atoms with Crippen molar-refractivity contribution in [2.45, 2.75) is 0 Å². The molecule has 0 heterocycles. The summed E-state index contributed by atoms with van der Waals surface area (Å²) < 4.78 is 0. The second-order valence-corrected chi connectivity index (χ2v) is 2.64. The van der Waals surface area contributed by atoms with E-state index in [1.54, 1.807) is 0 Å². The monoisotopic (exact) mass is 204 g/mol. The van der Waals surface area contributed by atoms with E-state index in [2.05, 4.69) is 0 Å². The van der Waals surface area contributed by atoms with E-state index >= 15 is 0 Å². The fourth-order valence-corrected chi connectivity index (χ4v) is 1.04. The minimum absolute atomic E-state index is 0.511. The molecule has 1 aromatic rings. The van der Waals surface area contributed by atoms with Gasteiger partial charge in [-0.2, -0.15) is 0 Å². The van der Waals surface area contributed by atoms with Gasteiger partial charge in [-0.3, -0.25) is 0 Å². The normalized spacial score (nSPS) is 9.92. The van der Waals surface area contributed by atoms with Crippen molar-refractivity contribution >= 4 is 17.6 Å². The first-order valence-corrected chi connectivity index (χ1v) is 3.49. The summed E-state index contributed by atoms with van der Waals surface area (Å²) in [5.74, 6) is -3.74. The van der Waals surface area contributed by atoms with Crippen LogP contribution in [-0.2, 0) is 0 Å². The van der Waals surface area contributed by atoms with Crippen molar-refractivity contribution in [1.29, 1.82) is 0 Å². The number of carbonyl (C=O) groups is 1. The topological polar surface area (TPSA) is 98.0 Å². The summed E-state index contributed by atoms with van der Waals surface area (Å²) in [5.41, 5.74) is -0.723. The van der Waals surface area contributed by atoms with E-state index in [1.807, 2.05) is 0 Å². The highest BCUT2D eigenvalue weighted by Crippen LogP contribution is 2.40. The van der Waals surface area contributed by atoms with Crippen molar-refractivity contribution < 1.29 is 25.2 Å². The Hall–Kier alpha value is -1.62. The van der Waals surface area contributed by atoms with Crippen molar-refractivity contribution in [2.75, 3.05) is 0 Å². The summed E-state index contributed by atoms with van der Waals surface area (Å²) in [6.07, 6.45) is 0. The molecule has 0 atom stereocenters. The van der Waals surface area contributed by atoms with Crippen molar-refractivity contribution in [2.24, 2.45) is 0 Å². The number of carboxylic acid groups (broad SMARTS) is 1. The van der Waals surface area contributed by atoms with Crippen LogP contribution in [0, 0.1) is 0 Å². The van der Waals surface area contributed by atoms with Crippen molar-refractivity contribution in [3.8, 4) is 17.2 Å². The molecule has 0 unspecified atom stereocenters. The standard InChI is InChI=1S/C7H5ClO5/c8-5-2(9)1-3(10)6(11)4(5)7(12)13/h1,9-11H,(H,12,13). The summed E-state index contributed by atoms with van der Waals surface area (Å²) in [5, 5.41) is 35.0. The number of phenols is 3. The molecule has 6 heteroatoms. The molecule has 1 aromatic carbocycles.